The predicted octanol–water partition coefficient (Wildman–Crippen LogP) is 3.97. The average molecular weight is 391 g/mol. The molecule has 0 spiro atoms. The molecule has 0 saturated heterocycles. The Labute approximate surface area is 156 Å². The summed E-state index contributed by atoms with van der Waals surface area (Å²) in [6, 6.07) is 11.4. The number of benzene rings is 2. The summed E-state index contributed by atoms with van der Waals surface area (Å²) < 4.78 is 40.4. The number of halogens is 1. The van der Waals surface area contributed by atoms with Crippen LogP contribution < -0.4 is 4.72 Å². The zero-order chi connectivity index (χ0) is 18.7. The van der Waals surface area contributed by atoms with Crippen LogP contribution in [0, 0.1) is 19.7 Å². The molecule has 2 aromatic carbocycles. The molecule has 1 N–H and O–H groups in total. The Kier molecular flexibility index (Phi) is 5.50. The molecule has 0 atom stereocenters. The van der Waals surface area contributed by atoms with Crippen LogP contribution in [0.5, 0.6) is 0 Å². The van der Waals surface area contributed by atoms with Crippen LogP contribution in [0.2, 0.25) is 0 Å². The molecule has 26 heavy (non-hydrogen) atoms. The van der Waals surface area contributed by atoms with Crippen molar-refractivity contribution in [2.24, 2.45) is 0 Å². The lowest BCUT2D eigenvalue weighted by atomic mass is 10.1. The largest absolute Gasteiger partial charge is 0.248 e. The zero-order valence-corrected chi connectivity index (χ0v) is 16.1. The molecule has 136 valence electrons. The van der Waals surface area contributed by atoms with Crippen LogP contribution in [0.3, 0.4) is 0 Å². The zero-order valence-electron chi connectivity index (χ0n) is 14.5. The van der Waals surface area contributed by atoms with Gasteiger partial charge in [0.05, 0.1) is 11.4 Å². The van der Waals surface area contributed by atoms with E-state index in [0.29, 0.717) is 11.4 Å². The van der Waals surface area contributed by atoms with Crippen LogP contribution in [0.4, 0.5) is 4.39 Å². The quantitative estimate of drug-likeness (QED) is 0.693. The Morgan fingerprint density at radius 3 is 2.50 bits per heavy atom. The van der Waals surface area contributed by atoms with Gasteiger partial charge in [-0.25, -0.2) is 22.5 Å². The second-order valence-electron chi connectivity index (χ2n) is 6.09. The van der Waals surface area contributed by atoms with Crippen molar-refractivity contribution in [3.05, 3.63) is 81.1 Å². The predicted molar refractivity (Wildman–Crippen MR) is 101 cm³/mol. The van der Waals surface area contributed by atoms with Crippen molar-refractivity contribution in [1.82, 2.24) is 9.71 Å². The first-order valence-electron chi connectivity index (χ1n) is 8.08. The lowest BCUT2D eigenvalue weighted by Crippen LogP contribution is -2.23. The van der Waals surface area contributed by atoms with Crippen LogP contribution >= 0.6 is 11.3 Å². The summed E-state index contributed by atoms with van der Waals surface area (Å²) >= 11 is 1.44. The average Bonchev–Trinajstić information content (AvgIpc) is 3.05. The minimum Gasteiger partial charge on any atom is -0.248 e. The number of sulfonamides is 1. The normalized spacial score (nSPS) is 11.7. The first kappa shape index (κ1) is 18.7. The number of aryl methyl sites for hydroxylation is 2. The van der Waals surface area contributed by atoms with Gasteiger partial charge in [-0.15, -0.1) is 11.3 Å². The summed E-state index contributed by atoms with van der Waals surface area (Å²) in [5.41, 5.74) is 2.97. The maximum atomic E-state index is 13.0. The lowest BCUT2D eigenvalue weighted by Gasteiger charge is -2.07. The third kappa shape index (κ3) is 4.55. The summed E-state index contributed by atoms with van der Waals surface area (Å²) in [6.07, 6.45) is 2.37. The molecule has 0 saturated carbocycles. The van der Waals surface area contributed by atoms with E-state index in [1.807, 2.05) is 13.8 Å². The van der Waals surface area contributed by atoms with Crippen molar-refractivity contribution in [1.29, 1.82) is 0 Å². The van der Waals surface area contributed by atoms with Gasteiger partial charge < -0.3 is 0 Å². The van der Waals surface area contributed by atoms with Crippen LogP contribution in [0.1, 0.15) is 26.6 Å². The van der Waals surface area contributed by atoms with Crippen LogP contribution in [0.15, 0.2) is 53.6 Å². The van der Waals surface area contributed by atoms with E-state index in [-0.39, 0.29) is 17.3 Å². The van der Waals surface area contributed by atoms with E-state index >= 15 is 0 Å². The Balaban J connectivity index is 1.65. The van der Waals surface area contributed by atoms with E-state index in [4.69, 9.17) is 0 Å². The van der Waals surface area contributed by atoms with Crippen LogP contribution in [-0.2, 0) is 23.0 Å². The van der Waals surface area contributed by atoms with Crippen molar-refractivity contribution in [2.45, 2.75) is 31.7 Å². The van der Waals surface area contributed by atoms with E-state index in [9.17, 15) is 12.8 Å². The Morgan fingerprint density at radius 1 is 1.08 bits per heavy atom. The number of nitrogens with zero attached hydrogens (tertiary/aromatic N) is 1. The molecule has 0 aliphatic carbocycles. The van der Waals surface area contributed by atoms with E-state index in [1.54, 1.807) is 36.5 Å². The molecule has 0 amide bonds. The monoisotopic (exact) mass is 390 g/mol. The van der Waals surface area contributed by atoms with Gasteiger partial charge in [0.2, 0.25) is 10.0 Å². The van der Waals surface area contributed by atoms with Gasteiger partial charge in [0, 0.05) is 17.5 Å². The lowest BCUT2D eigenvalue weighted by molar-refractivity contribution is 0.581. The van der Waals surface area contributed by atoms with Gasteiger partial charge in [-0.1, -0.05) is 18.2 Å². The summed E-state index contributed by atoms with van der Waals surface area (Å²) in [6.45, 7) is 3.97. The second-order valence-corrected chi connectivity index (χ2v) is 9.06. The maximum absolute atomic E-state index is 13.0. The minimum atomic E-state index is -3.58. The molecular weight excluding hydrogens is 371 g/mol. The number of thiazole rings is 1. The van der Waals surface area contributed by atoms with Crippen molar-refractivity contribution in [3.8, 4) is 0 Å². The highest BCUT2D eigenvalue weighted by molar-refractivity contribution is 7.89. The van der Waals surface area contributed by atoms with E-state index in [0.717, 1.165) is 21.6 Å². The third-order valence-corrected chi connectivity index (χ3v) is 6.49. The van der Waals surface area contributed by atoms with E-state index in [2.05, 4.69) is 9.71 Å². The molecule has 0 aliphatic heterocycles. The van der Waals surface area contributed by atoms with Crippen molar-refractivity contribution < 1.29 is 12.8 Å². The fraction of sp³-hybridized carbons (Fsp3) is 0.211. The second kappa shape index (κ2) is 7.65. The van der Waals surface area contributed by atoms with Crippen molar-refractivity contribution >= 4 is 21.4 Å². The highest BCUT2D eigenvalue weighted by Crippen LogP contribution is 2.19. The molecule has 4 nitrogen and oxygen atoms in total. The Hall–Kier alpha value is -2.09. The smallest absolute Gasteiger partial charge is 0.240 e. The van der Waals surface area contributed by atoms with Gasteiger partial charge in [-0.05, 0) is 54.8 Å². The summed E-state index contributed by atoms with van der Waals surface area (Å²) in [5.74, 6) is -0.264. The van der Waals surface area contributed by atoms with Crippen molar-refractivity contribution in [3.63, 3.8) is 0 Å². The molecule has 3 rings (SSSR count). The Bertz CT molecular complexity index is 1010. The molecule has 1 heterocycles. The van der Waals surface area contributed by atoms with Gasteiger partial charge >= 0.3 is 0 Å². The molecule has 0 fully saturated rings. The maximum Gasteiger partial charge on any atom is 0.240 e. The molecule has 1 aromatic heterocycles. The summed E-state index contributed by atoms with van der Waals surface area (Å²) in [4.78, 5) is 5.53. The fourth-order valence-electron chi connectivity index (χ4n) is 2.44. The SMILES string of the molecule is Cc1ccc(S(=O)(=O)NCc2ncc(Cc3ccc(F)cc3)s2)cc1C. The van der Waals surface area contributed by atoms with Crippen molar-refractivity contribution in [2.75, 3.05) is 0 Å². The number of nitrogens with one attached hydrogen (secondary N) is 1. The molecule has 0 aliphatic rings. The summed E-state index contributed by atoms with van der Waals surface area (Å²) in [7, 11) is -3.58. The minimum absolute atomic E-state index is 0.142. The van der Waals surface area contributed by atoms with Gasteiger partial charge in [0.15, 0.2) is 0 Å². The number of hydrogen-bond acceptors (Lipinski definition) is 4. The number of aromatic nitrogens is 1. The van der Waals surface area contributed by atoms with Gasteiger partial charge in [0.1, 0.15) is 10.8 Å². The Morgan fingerprint density at radius 2 is 1.81 bits per heavy atom. The first-order valence-corrected chi connectivity index (χ1v) is 10.4. The molecular formula is C19H19FN2O2S2. The molecule has 7 heteroatoms. The summed E-state index contributed by atoms with van der Waals surface area (Å²) in [5, 5.41) is 0.689. The molecule has 0 unspecified atom stereocenters. The van der Waals surface area contributed by atoms with Gasteiger partial charge in [0.25, 0.3) is 0 Å². The van der Waals surface area contributed by atoms with Gasteiger partial charge in [-0.3, -0.25) is 0 Å². The van der Waals surface area contributed by atoms with E-state index < -0.39 is 10.0 Å². The number of rotatable bonds is 6. The van der Waals surface area contributed by atoms with Crippen LogP contribution in [0.25, 0.3) is 0 Å². The molecule has 3 aromatic rings. The van der Waals surface area contributed by atoms with Crippen LogP contribution in [-0.4, -0.2) is 13.4 Å². The highest BCUT2D eigenvalue weighted by Gasteiger charge is 2.15. The topological polar surface area (TPSA) is 59.1 Å². The fourth-order valence-corrected chi connectivity index (χ4v) is 4.50. The first-order chi connectivity index (χ1) is 12.3. The third-order valence-electron chi connectivity index (χ3n) is 4.10. The van der Waals surface area contributed by atoms with E-state index in [1.165, 1.54) is 23.5 Å². The highest BCUT2D eigenvalue weighted by atomic mass is 32.2. The standard InChI is InChI=1S/C19H19FN2O2S2/c1-13-3-8-18(9-14(13)2)26(23,24)22-12-19-21-11-17(25-19)10-15-4-6-16(20)7-5-15/h3-9,11,22H,10,12H2,1-2H3. The molecule has 0 radical (unpaired) electrons. The number of hydrogen-bond donors (Lipinski definition) is 1. The van der Waals surface area contributed by atoms with Gasteiger partial charge in [-0.2, -0.15) is 0 Å². The molecule has 0 bridgehead atoms.